The topological polar surface area (TPSA) is 63.8 Å². The molecule has 0 unspecified atom stereocenters. The van der Waals surface area contributed by atoms with Crippen LogP contribution in [0.3, 0.4) is 0 Å². The molecule has 0 radical (unpaired) electrons. The van der Waals surface area contributed by atoms with Crippen LogP contribution in [-0.4, -0.2) is 14.3 Å². The second-order valence-electron chi connectivity index (χ2n) is 3.42. The summed E-state index contributed by atoms with van der Waals surface area (Å²) in [7, 11) is 0. The number of aryl methyl sites for hydroxylation is 1. The summed E-state index contributed by atoms with van der Waals surface area (Å²) in [5, 5.41) is 3.03. The van der Waals surface area contributed by atoms with Crippen molar-refractivity contribution in [1.82, 2.24) is 9.36 Å². The third kappa shape index (κ3) is 2.44. The molecule has 1 aromatic heterocycles. The fourth-order valence-corrected chi connectivity index (χ4v) is 2.04. The van der Waals surface area contributed by atoms with E-state index in [1.807, 2.05) is 0 Å². The van der Waals surface area contributed by atoms with Crippen LogP contribution < -0.4 is 11.1 Å². The molecular weight excluding hydrogens is 278 g/mol. The lowest BCUT2D eigenvalue weighted by molar-refractivity contribution is 0.510. The van der Waals surface area contributed by atoms with Crippen molar-refractivity contribution in [1.29, 1.82) is 0 Å². The smallest absolute Gasteiger partial charge is 0.207 e. The van der Waals surface area contributed by atoms with Gasteiger partial charge < -0.3 is 11.1 Å². The molecule has 0 spiro atoms. The maximum atomic E-state index is 13.7. The standard InChI is InChI=1S/C10H8F2N4S2/c1-4-14-10(18-16-4)15-6-3-2-5(9(13)17)7(11)8(6)12/h2-3H,1H3,(H2,13,17)(H,14,15,16). The second-order valence-corrected chi connectivity index (χ2v) is 4.62. The van der Waals surface area contributed by atoms with Crippen LogP contribution in [0.2, 0.25) is 0 Å². The van der Waals surface area contributed by atoms with Crippen LogP contribution in [0.25, 0.3) is 0 Å². The van der Waals surface area contributed by atoms with Crippen molar-refractivity contribution in [2.75, 3.05) is 5.32 Å². The molecule has 2 rings (SSSR count). The summed E-state index contributed by atoms with van der Waals surface area (Å²) in [6.07, 6.45) is 0. The molecule has 0 fully saturated rings. The predicted molar refractivity (Wildman–Crippen MR) is 70.2 cm³/mol. The van der Waals surface area contributed by atoms with Crippen molar-refractivity contribution in [3.8, 4) is 0 Å². The first kappa shape index (κ1) is 12.8. The fourth-order valence-electron chi connectivity index (χ4n) is 1.30. The monoisotopic (exact) mass is 286 g/mol. The zero-order chi connectivity index (χ0) is 13.3. The van der Waals surface area contributed by atoms with E-state index >= 15 is 0 Å². The van der Waals surface area contributed by atoms with E-state index in [4.69, 9.17) is 5.73 Å². The van der Waals surface area contributed by atoms with Crippen LogP contribution in [0.15, 0.2) is 12.1 Å². The van der Waals surface area contributed by atoms with Gasteiger partial charge in [-0.15, -0.1) is 0 Å². The van der Waals surface area contributed by atoms with Gasteiger partial charge in [0.15, 0.2) is 11.6 Å². The highest BCUT2D eigenvalue weighted by molar-refractivity contribution is 7.80. The summed E-state index contributed by atoms with van der Waals surface area (Å²) in [5.74, 6) is -1.56. The zero-order valence-electron chi connectivity index (χ0n) is 9.20. The maximum Gasteiger partial charge on any atom is 0.207 e. The van der Waals surface area contributed by atoms with E-state index in [-0.39, 0.29) is 16.2 Å². The lowest BCUT2D eigenvalue weighted by atomic mass is 10.2. The normalized spacial score (nSPS) is 10.4. The van der Waals surface area contributed by atoms with Crippen LogP contribution in [0.5, 0.6) is 0 Å². The number of nitrogens with zero attached hydrogens (tertiary/aromatic N) is 2. The Hall–Kier alpha value is -1.67. The minimum absolute atomic E-state index is 0.0383. The molecule has 0 aliphatic carbocycles. The van der Waals surface area contributed by atoms with Crippen molar-refractivity contribution in [2.24, 2.45) is 5.73 Å². The SMILES string of the molecule is Cc1nsc(Nc2ccc(C(N)=S)c(F)c2F)n1. The molecule has 4 nitrogen and oxygen atoms in total. The zero-order valence-corrected chi connectivity index (χ0v) is 10.8. The highest BCUT2D eigenvalue weighted by atomic mass is 32.1. The number of rotatable bonds is 3. The van der Waals surface area contributed by atoms with E-state index in [0.717, 1.165) is 11.5 Å². The molecule has 0 saturated heterocycles. The third-order valence-electron chi connectivity index (χ3n) is 2.12. The van der Waals surface area contributed by atoms with Crippen molar-refractivity contribution < 1.29 is 8.78 Å². The molecule has 0 amide bonds. The van der Waals surface area contributed by atoms with Crippen molar-refractivity contribution in [3.05, 3.63) is 35.2 Å². The average Bonchev–Trinajstić information content (AvgIpc) is 2.70. The van der Waals surface area contributed by atoms with E-state index in [2.05, 4.69) is 26.9 Å². The number of aromatic nitrogens is 2. The first-order valence-electron chi connectivity index (χ1n) is 4.84. The minimum Gasteiger partial charge on any atom is -0.389 e. The quantitative estimate of drug-likeness (QED) is 0.849. The summed E-state index contributed by atoms with van der Waals surface area (Å²) >= 11 is 5.67. The molecule has 0 saturated carbocycles. The maximum absolute atomic E-state index is 13.7. The number of thiocarbonyl (C=S) groups is 1. The summed E-state index contributed by atoms with van der Waals surface area (Å²) in [6.45, 7) is 1.70. The number of hydrogen-bond donors (Lipinski definition) is 2. The molecule has 0 bridgehead atoms. The van der Waals surface area contributed by atoms with Crippen molar-refractivity contribution >= 4 is 39.6 Å². The van der Waals surface area contributed by atoms with Crippen LogP contribution in [0, 0.1) is 18.6 Å². The van der Waals surface area contributed by atoms with E-state index in [9.17, 15) is 8.78 Å². The lowest BCUT2D eigenvalue weighted by Crippen LogP contribution is -2.13. The van der Waals surface area contributed by atoms with Gasteiger partial charge >= 0.3 is 0 Å². The Labute approximate surface area is 111 Å². The molecule has 0 aliphatic heterocycles. The molecule has 18 heavy (non-hydrogen) atoms. The summed E-state index contributed by atoms with van der Waals surface area (Å²) < 4.78 is 31.2. The van der Waals surface area contributed by atoms with Gasteiger partial charge in [0.1, 0.15) is 10.8 Å². The van der Waals surface area contributed by atoms with Gasteiger partial charge in [0.2, 0.25) is 5.13 Å². The Morgan fingerprint density at radius 2 is 2.11 bits per heavy atom. The first-order chi connectivity index (χ1) is 8.49. The number of nitrogens with one attached hydrogen (secondary N) is 1. The van der Waals surface area contributed by atoms with E-state index in [1.54, 1.807) is 6.92 Å². The van der Waals surface area contributed by atoms with Gasteiger partial charge in [0.25, 0.3) is 0 Å². The molecule has 8 heteroatoms. The van der Waals surface area contributed by atoms with Gasteiger partial charge in [-0.25, -0.2) is 13.8 Å². The predicted octanol–water partition coefficient (Wildman–Crippen LogP) is 2.50. The van der Waals surface area contributed by atoms with Crippen LogP contribution in [0.4, 0.5) is 19.6 Å². The number of nitrogens with two attached hydrogens (primary N) is 1. The lowest BCUT2D eigenvalue weighted by Gasteiger charge is -2.07. The molecule has 0 aliphatic rings. The summed E-state index contributed by atoms with van der Waals surface area (Å²) in [4.78, 5) is 3.80. The second kappa shape index (κ2) is 4.91. The Balaban J connectivity index is 2.35. The molecule has 2 aromatic rings. The molecule has 94 valence electrons. The van der Waals surface area contributed by atoms with E-state index < -0.39 is 11.6 Å². The van der Waals surface area contributed by atoms with E-state index in [1.165, 1.54) is 12.1 Å². The Morgan fingerprint density at radius 3 is 2.67 bits per heavy atom. The Kier molecular flexibility index (Phi) is 3.48. The number of anilines is 2. The van der Waals surface area contributed by atoms with E-state index in [0.29, 0.717) is 11.0 Å². The molecule has 0 atom stereocenters. The van der Waals surface area contributed by atoms with Crippen molar-refractivity contribution in [2.45, 2.75) is 6.92 Å². The van der Waals surface area contributed by atoms with Gasteiger partial charge in [0, 0.05) is 17.1 Å². The van der Waals surface area contributed by atoms with Crippen LogP contribution >= 0.6 is 23.8 Å². The fraction of sp³-hybridized carbons (Fsp3) is 0.100. The number of benzene rings is 1. The molecule has 3 N–H and O–H groups in total. The van der Waals surface area contributed by atoms with Crippen LogP contribution in [-0.2, 0) is 0 Å². The minimum atomic E-state index is -1.08. The Bertz CT molecular complexity index is 612. The van der Waals surface area contributed by atoms with Gasteiger partial charge in [0.05, 0.1) is 5.69 Å². The largest absolute Gasteiger partial charge is 0.389 e. The van der Waals surface area contributed by atoms with Gasteiger partial charge in [-0.05, 0) is 19.1 Å². The molecule has 1 aromatic carbocycles. The molecule has 1 heterocycles. The van der Waals surface area contributed by atoms with Crippen molar-refractivity contribution in [3.63, 3.8) is 0 Å². The highest BCUT2D eigenvalue weighted by Gasteiger charge is 2.15. The highest BCUT2D eigenvalue weighted by Crippen LogP contribution is 2.24. The number of hydrogen-bond acceptors (Lipinski definition) is 5. The third-order valence-corrected chi connectivity index (χ3v) is 3.06. The average molecular weight is 286 g/mol. The van der Waals surface area contributed by atoms with Crippen LogP contribution in [0.1, 0.15) is 11.4 Å². The van der Waals surface area contributed by atoms with Gasteiger partial charge in [-0.3, -0.25) is 0 Å². The molecular formula is C10H8F2N4S2. The number of halogens is 2. The summed E-state index contributed by atoms with van der Waals surface area (Å²) in [5.41, 5.74) is 5.11. The van der Waals surface area contributed by atoms with Gasteiger partial charge in [-0.1, -0.05) is 12.2 Å². The summed E-state index contributed by atoms with van der Waals surface area (Å²) in [6, 6.07) is 2.67. The van der Waals surface area contributed by atoms with Gasteiger partial charge in [-0.2, -0.15) is 4.37 Å². The Morgan fingerprint density at radius 1 is 1.39 bits per heavy atom. The first-order valence-corrected chi connectivity index (χ1v) is 6.02.